The van der Waals surface area contributed by atoms with E-state index < -0.39 is 33.6 Å². The zero-order valence-corrected chi connectivity index (χ0v) is 14.7. The molecule has 0 radical (unpaired) electrons. The van der Waals surface area contributed by atoms with Crippen LogP contribution in [-0.2, 0) is 32.6 Å². The second kappa shape index (κ2) is 8.43. The molecule has 0 saturated carbocycles. The van der Waals surface area contributed by atoms with Gasteiger partial charge in [-0.3, -0.25) is 19.0 Å². The maximum atomic E-state index is 12.0. The van der Waals surface area contributed by atoms with Crippen LogP contribution in [0.25, 0.3) is 0 Å². The number of nitrogens with one attached hydrogen (secondary N) is 1. The number of aliphatic carboxylic acids is 1. The first-order valence-corrected chi connectivity index (χ1v) is 9.39. The zero-order valence-electron chi connectivity index (χ0n) is 13.9. The molecule has 0 fully saturated rings. The van der Waals surface area contributed by atoms with E-state index in [0.29, 0.717) is 12.1 Å². The van der Waals surface area contributed by atoms with Gasteiger partial charge < -0.3 is 5.11 Å². The van der Waals surface area contributed by atoms with E-state index in [2.05, 4.69) is 11.7 Å². The van der Waals surface area contributed by atoms with Gasteiger partial charge in [-0.25, -0.2) is 8.42 Å². The molecule has 1 atom stereocenters. The summed E-state index contributed by atoms with van der Waals surface area (Å²) in [4.78, 5) is 23.4. The average molecular weight is 377 g/mol. The summed E-state index contributed by atoms with van der Waals surface area (Å²) >= 11 is 0. The lowest BCUT2D eigenvalue weighted by molar-refractivity contribution is -0.146. The third-order valence-corrected chi connectivity index (χ3v) is 4.71. The molecule has 1 aromatic heterocycles. The topological polar surface area (TPSA) is 118 Å². The Bertz CT molecular complexity index is 890. The molecule has 1 unspecified atom stereocenters. The smallest absolute Gasteiger partial charge is 0.316 e. The minimum atomic E-state index is -3.94. The molecule has 2 rings (SSSR count). The van der Waals surface area contributed by atoms with Gasteiger partial charge in [-0.2, -0.15) is 5.10 Å². The highest BCUT2D eigenvalue weighted by molar-refractivity contribution is 7.90. The first kappa shape index (κ1) is 19.4. The van der Waals surface area contributed by atoms with Crippen molar-refractivity contribution in [1.29, 1.82) is 0 Å². The van der Waals surface area contributed by atoms with Crippen molar-refractivity contribution in [3.63, 3.8) is 0 Å². The van der Waals surface area contributed by atoms with Gasteiger partial charge in [0, 0.05) is 6.20 Å². The van der Waals surface area contributed by atoms with Crippen LogP contribution in [0.5, 0.6) is 0 Å². The van der Waals surface area contributed by atoms with Gasteiger partial charge in [-0.05, 0) is 17.5 Å². The number of rotatable bonds is 9. The number of carbonyl (C=O) groups is 2. The Morgan fingerprint density at radius 1 is 1.27 bits per heavy atom. The lowest BCUT2D eigenvalue weighted by atomic mass is 10.0. The van der Waals surface area contributed by atoms with Gasteiger partial charge in [0.25, 0.3) is 0 Å². The second-order valence-electron chi connectivity index (χ2n) is 5.66. The van der Waals surface area contributed by atoms with E-state index >= 15 is 0 Å². The maximum Gasteiger partial charge on any atom is 0.316 e. The molecule has 26 heavy (non-hydrogen) atoms. The number of sulfonamides is 1. The average Bonchev–Trinajstić information content (AvgIpc) is 2.99. The van der Waals surface area contributed by atoms with Crippen LogP contribution in [0.2, 0.25) is 0 Å². The minimum absolute atomic E-state index is 0.167. The van der Waals surface area contributed by atoms with Gasteiger partial charge in [-0.15, -0.1) is 6.58 Å². The van der Waals surface area contributed by atoms with Crippen LogP contribution in [0, 0.1) is 5.92 Å². The number of hydrogen-bond acceptors (Lipinski definition) is 5. The lowest BCUT2D eigenvalue weighted by Gasteiger charge is -2.11. The van der Waals surface area contributed by atoms with Crippen molar-refractivity contribution in [3.05, 3.63) is 66.5 Å². The minimum Gasteiger partial charge on any atom is -0.481 e. The summed E-state index contributed by atoms with van der Waals surface area (Å²) in [6, 6.07) is 9.55. The van der Waals surface area contributed by atoms with Gasteiger partial charge in [-0.1, -0.05) is 36.4 Å². The lowest BCUT2D eigenvalue weighted by Crippen LogP contribution is -2.40. The van der Waals surface area contributed by atoms with Gasteiger partial charge in [0.05, 0.1) is 18.5 Å². The maximum absolute atomic E-state index is 12.0. The molecule has 0 saturated heterocycles. The Hall–Kier alpha value is -2.94. The summed E-state index contributed by atoms with van der Waals surface area (Å²) in [5.41, 5.74) is 1.54. The number of aromatic nitrogens is 2. The number of carboxylic acids is 1. The number of nitrogens with zero attached hydrogens (tertiary/aromatic N) is 2. The van der Waals surface area contributed by atoms with Crippen LogP contribution in [0.3, 0.4) is 0 Å². The fourth-order valence-electron chi connectivity index (χ4n) is 2.32. The number of carbonyl (C=O) groups excluding carboxylic acids is 1. The second-order valence-corrected chi connectivity index (χ2v) is 7.43. The first-order valence-electron chi connectivity index (χ1n) is 7.74. The van der Waals surface area contributed by atoms with Crippen LogP contribution >= 0.6 is 0 Å². The number of carboxylic acid groups (broad SMARTS) is 1. The van der Waals surface area contributed by atoms with Gasteiger partial charge in [0.2, 0.25) is 15.9 Å². The van der Waals surface area contributed by atoms with Crippen LogP contribution in [0.15, 0.2) is 55.4 Å². The van der Waals surface area contributed by atoms with E-state index in [1.54, 1.807) is 15.6 Å². The van der Waals surface area contributed by atoms with E-state index in [-0.39, 0.29) is 6.42 Å². The van der Waals surface area contributed by atoms with E-state index in [4.69, 9.17) is 0 Å². The molecule has 8 nitrogen and oxygen atoms in total. The first-order chi connectivity index (χ1) is 12.3. The predicted octanol–water partition coefficient (Wildman–Crippen LogP) is 0.807. The summed E-state index contributed by atoms with van der Waals surface area (Å²) < 4.78 is 26.6. The quantitative estimate of drug-likeness (QED) is 0.493. The third-order valence-electron chi connectivity index (χ3n) is 3.52. The molecule has 9 heteroatoms. The molecular formula is C17H19N3O5S. The Kier molecular flexibility index (Phi) is 6.29. The summed E-state index contributed by atoms with van der Waals surface area (Å²) in [6.07, 6.45) is 4.04. The molecule has 0 spiro atoms. The molecule has 0 bridgehead atoms. The van der Waals surface area contributed by atoms with Crippen molar-refractivity contribution < 1.29 is 23.1 Å². The van der Waals surface area contributed by atoms with Crippen molar-refractivity contribution in [2.75, 3.05) is 5.75 Å². The number of hydrogen-bond donors (Lipinski definition) is 2. The van der Waals surface area contributed by atoms with Crippen LogP contribution in [0.1, 0.15) is 11.1 Å². The number of amides is 1. The van der Waals surface area contributed by atoms with Crippen molar-refractivity contribution in [1.82, 2.24) is 14.5 Å². The van der Waals surface area contributed by atoms with Crippen molar-refractivity contribution in [2.24, 2.45) is 5.92 Å². The molecule has 138 valence electrons. The normalized spacial score (nSPS) is 12.3. The Balaban J connectivity index is 2.07. The standard InChI is InChI=1S/C17H19N3O5S/c1-2-8-26(24,25)19-16(21)15(17(22)23)9-14-10-18-20(12-14)11-13-6-4-3-5-7-13/h2-7,10,12,15H,1,8-9,11H2,(H,19,21)(H,22,23). The highest BCUT2D eigenvalue weighted by Gasteiger charge is 2.29. The highest BCUT2D eigenvalue weighted by atomic mass is 32.2. The van der Waals surface area contributed by atoms with Gasteiger partial charge >= 0.3 is 5.97 Å². The van der Waals surface area contributed by atoms with E-state index in [0.717, 1.165) is 11.6 Å². The molecule has 2 aromatic rings. The van der Waals surface area contributed by atoms with Gasteiger partial charge in [0.15, 0.2) is 0 Å². The van der Waals surface area contributed by atoms with E-state index in [1.165, 1.54) is 6.20 Å². The summed E-state index contributed by atoms with van der Waals surface area (Å²) in [5, 5.41) is 13.4. The molecule has 0 aliphatic carbocycles. The molecule has 1 heterocycles. The summed E-state index contributed by atoms with van der Waals surface area (Å²) in [5.74, 6) is -4.51. The summed E-state index contributed by atoms with van der Waals surface area (Å²) in [7, 11) is -3.94. The van der Waals surface area contributed by atoms with Crippen LogP contribution < -0.4 is 4.72 Å². The molecule has 0 aliphatic heterocycles. The van der Waals surface area contributed by atoms with E-state index in [9.17, 15) is 23.1 Å². The number of benzene rings is 1. The molecule has 1 amide bonds. The third kappa shape index (κ3) is 5.55. The SMILES string of the molecule is C=CCS(=O)(=O)NC(=O)C(Cc1cnn(Cc2ccccc2)c1)C(=O)O. The summed E-state index contributed by atoms with van der Waals surface area (Å²) in [6.45, 7) is 3.78. The molecular weight excluding hydrogens is 358 g/mol. The fourth-order valence-corrected chi connectivity index (χ4v) is 3.16. The van der Waals surface area contributed by atoms with Crippen molar-refractivity contribution >= 4 is 21.9 Å². The molecule has 2 N–H and O–H groups in total. The van der Waals surface area contributed by atoms with Gasteiger partial charge in [0.1, 0.15) is 5.92 Å². The molecule has 1 aromatic carbocycles. The van der Waals surface area contributed by atoms with E-state index in [1.807, 2.05) is 30.3 Å². The van der Waals surface area contributed by atoms with Crippen LogP contribution in [0.4, 0.5) is 0 Å². The van der Waals surface area contributed by atoms with Crippen molar-refractivity contribution in [3.8, 4) is 0 Å². The monoisotopic (exact) mass is 377 g/mol. The Morgan fingerprint density at radius 3 is 2.58 bits per heavy atom. The highest BCUT2D eigenvalue weighted by Crippen LogP contribution is 2.11. The largest absolute Gasteiger partial charge is 0.481 e. The fraction of sp³-hybridized carbons (Fsp3) is 0.235. The molecule has 0 aliphatic rings. The van der Waals surface area contributed by atoms with Crippen LogP contribution in [-0.4, -0.2) is 40.9 Å². The zero-order chi connectivity index (χ0) is 19.2. The van der Waals surface area contributed by atoms with Crippen molar-refractivity contribution in [2.45, 2.75) is 13.0 Å². The predicted molar refractivity (Wildman–Crippen MR) is 94.7 cm³/mol. The Morgan fingerprint density at radius 2 is 1.96 bits per heavy atom. The Labute approximate surface area is 151 Å².